The average Bonchev–Trinajstić information content (AvgIpc) is 2.71. The van der Waals surface area contributed by atoms with Crippen LogP contribution in [0.2, 0.25) is 0 Å². The molecule has 2 aromatic heterocycles. The molecule has 1 fully saturated rings. The predicted octanol–water partition coefficient (Wildman–Crippen LogP) is 1.50. The van der Waals surface area contributed by atoms with Gasteiger partial charge in [0.15, 0.2) is 11.6 Å². The third-order valence-corrected chi connectivity index (χ3v) is 4.87. The molecule has 2 atom stereocenters. The standard InChI is InChI=1S/C19H24FN7O2/c1-23-19(29)15-8-10(6-7-24-15)25-17-11(16(22)28)9-12(20)18(27-17)26-14-5-3-2-4-13(14)21/h6-9,13-14H,2-5,21H2,1H3,(H2,22,28)(H,23,29)(H2,24,25,26,27)/t13?,14-/m1/s1. The van der Waals surface area contributed by atoms with Gasteiger partial charge in [0, 0.05) is 31.0 Å². The van der Waals surface area contributed by atoms with Gasteiger partial charge < -0.3 is 27.4 Å². The largest absolute Gasteiger partial charge is 0.365 e. The number of aromatic nitrogens is 2. The highest BCUT2D eigenvalue weighted by Gasteiger charge is 2.24. The van der Waals surface area contributed by atoms with Crippen molar-refractivity contribution in [1.29, 1.82) is 0 Å². The van der Waals surface area contributed by atoms with Crippen molar-refractivity contribution in [3.63, 3.8) is 0 Å². The highest BCUT2D eigenvalue weighted by Crippen LogP contribution is 2.26. The number of pyridine rings is 2. The van der Waals surface area contributed by atoms with Crippen molar-refractivity contribution in [2.24, 2.45) is 11.5 Å². The van der Waals surface area contributed by atoms with E-state index in [0.717, 1.165) is 31.7 Å². The summed E-state index contributed by atoms with van der Waals surface area (Å²) in [6, 6.07) is 3.90. The molecule has 7 N–H and O–H groups in total. The maximum atomic E-state index is 14.6. The van der Waals surface area contributed by atoms with E-state index in [4.69, 9.17) is 11.5 Å². The fourth-order valence-corrected chi connectivity index (χ4v) is 3.28. The van der Waals surface area contributed by atoms with Gasteiger partial charge in [0.1, 0.15) is 11.5 Å². The van der Waals surface area contributed by atoms with Gasteiger partial charge in [0.2, 0.25) is 0 Å². The molecule has 29 heavy (non-hydrogen) atoms. The summed E-state index contributed by atoms with van der Waals surface area (Å²) < 4.78 is 14.6. The molecule has 154 valence electrons. The van der Waals surface area contributed by atoms with Gasteiger partial charge in [-0.1, -0.05) is 12.8 Å². The number of hydrogen-bond donors (Lipinski definition) is 5. The van der Waals surface area contributed by atoms with Crippen LogP contribution >= 0.6 is 0 Å². The molecule has 1 unspecified atom stereocenters. The van der Waals surface area contributed by atoms with Crippen molar-refractivity contribution >= 4 is 29.1 Å². The van der Waals surface area contributed by atoms with Crippen molar-refractivity contribution in [3.8, 4) is 0 Å². The molecule has 0 aliphatic heterocycles. The van der Waals surface area contributed by atoms with Crippen LogP contribution in [0.25, 0.3) is 0 Å². The molecule has 2 aromatic rings. The number of nitrogens with two attached hydrogens (primary N) is 2. The SMILES string of the molecule is CNC(=O)c1cc(Nc2nc(N[C@@H]3CCCCC3N)c(F)cc2C(N)=O)ccn1. The summed E-state index contributed by atoms with van der Waals surface area (Å²) in [5, 5.41) is 8.45. The zero-order chi connectivity index (χ0) is 21.0. The molecule has 0 saturated heterocycles. The summed E-state index contributed by atoms with van der Waals surface area (Å²) in [7, 11) is 1.49. The second-order valence-corrected chi connectivity index (χ2v) is 6.91. The lowest BCUT2D eigenvalue weighted by Crippen LogP contribution is -2.43. The summed E-state index contributed by atoms with van der Waals surface area (Å²) in [5.41, 5.74) is 12.0. The third kappa shape index (κ3) is 4.77. The number of rotatable bonds is 6. The fourth-order valence-electron chi connectivity index (χ4n) is 3.28. The Morgan fingerprint density at radius 3 is 2.66 bits per heavy atom. The molecule has 2 heterocycles. The Balaban J connectivity index is 1.92. The summed E-state index contributed by atoms with van der Waals surface area (Å²) in [6.45, 7) is 0. The fraction of sp³-hybridized carbons (Fsp3) is 0.368. The van der Waals surface area contributed by atoms with Gasteiger partial charge in [-0.2, -0.15) is 0 Å². The molecule has 0 radical (unpaired) electrons. The molecule has 1 aliphatic carbocycles. The van der Waals surface area contributed by atoms with Crippen LogP contribution in [0.1, 0.15) is 46.5 Å². The molecule has 0 spiro atoms. The van der Waals surface area contributed by atoms with Gasteiger partial charge in [0.25, 0.3) is 11.8 Å². The maximum Gasteiger partial charge on any atom is 0.269 e. The average molecular weight is 401 g/mol. The molecule has 3 rings (SSSR count). The van der Waals surface area contributed by atoms with Crippen LogP contribution < -0.4 is 27.4 Å². The molecule has 1 aliphatic rings. The highest BCUT2D eigenvalue weighted by atomic mass is 19.1. The highest BCUT2D eigenvalue weighted by molar-refractivity contribution is 5.99. The normalized spacial score (nSPS) is 18.7. The van der Waals surface area contributed by atoms with E-state index < -0.39 is 11.7 Å². The van der Waals surface area contributed by atoms with E-state index in [1.807, 2.05) is 0 Å². The number of nitrogens with zero attached hydrogens (tertiary/aromatic N) is 2. The maximum absolute atomic E-state index is 14.6. The first kappa shape index (κ1) is 20.5. The molecule has 9 nitrogen and oxygen atoms in total. The smallest absolute Gasteiger partial charge is 0.269 e. The Hall–Kier alpha value is -3.27. The van der Waals surface area contributed by atoms with Gasteiger partial charge in [-0.25, -0.2) is 9.37 Å². The first-order chi connectivity index (χ1) is 13.9. The Morgan fingerprint density at radius 1 is 1.21 bits per heavy atom. The Kier molecular flexibility index (Phi) is 6.23. The van der Waals surface area contributed by atoms with E-state index >= 15 is 0 Å². The molecule has 0 aromatic carbocycles. The number of primary amides is 1. The van der Waals surface area contributed by atoms with E-state index in [9.17, 15) is 14.0 Å². The number of amides is 2. The van der Waals surface area contributed by atoms with Crippen LogP contribution in [-0.4, -0.2) is 40.9 Å². The summed E-state index contributed by atoms with van der Waals surface area (Å²) in [6.07, 6.45) is 5.13. The zero-order valence-corrected chi connectivity index (χ0v) is 16.0. The van der Waals surface area contributed by atoms with Gasteiger partial charge in [-0.3, -0.25) is 14.6 Å². The lowest BCUT2D eigenvalue weighted by atomic mass is 9.91. The van der Waals surface area contributed by atoms with Gasteiger partial charge in [-0.05, 0) is 31.0 Å². The molecule has 1 saturated carbocycles. The number of carbonyl (C=O) groups excluding carboxylic acids is 2. The van der Waals surface area contributed by atoms with E-state index in [2.05, 4.69) is 25.9 Å². The second-order valence-electron chi connectivity index (χ2n) is 6.91. The van der Waals surface area contributed by atoms with Crippen molar-refractivity contribution in [1.82, 2.24) is 15.3 Å². The van der Waals surface area contributed by atoms with Crippen LogP contribution in [0.3, 0.4) is 0 Å². The molecule has 10 heteroatoms. The summed E-state index contributed by atoms with van der Waals surface area (Å²) in [5.74, 6) is -1.84. The first-order valence-corrected chi connectivity index (χ1v) is 9.36. The molecular formula is C19H24FN7O2. The van der Waals surface area contributed by atoms with Gasteiger partial charge in [-0.15, -0.1) is 0 Å². The predicted molar refractivity (Wildman–Crippen MR) is 107 cm³/mol. The number of nitrogens with one attached hydrogen (secondary N) is 3. The minimum Gasteiger partial charge on any atom is -0.365 e. The van der Waals surface area contributed by atoms with Crippen molar-refractivity contribution in [2.75, 3.05) is 17.7 Å². The summed E-state index contributed by atoms with van der Waals surface area (Å²) >= 11 is 0. The summed E-state index contributed by atoms with van der Waals surface area (Å²) in [4.78, 5) is 31.8. The number of hydrogen-bond acceptors (Lipinski definition) is 7. The lowest BCUT2D eigenvalue weighted by Gasteiger charge is -2.30. The molecule has 0 bridgehead atoms. The molecular weight excluding hydrogens is 377 g/mol. The number of anilines is 3. The van der Waals surface area contributed by atoms with Gasteiger partial charge in [0.05, 0.1) is 5.56 Å². The van der Waals surface area contributed by atoms with Gasteiger partial charge >= 0.3 is 0 Å². The van der Waals surface area contributed by atoms with Crippen LogP contribution in [0, 0.1) is 5.82 Å². The molecule has 2 amide bonds. The van der Waals surface area contributed by atoms with Crippen LogP contribution in [0.4, 0.5) is 21.7 Å². The number of halogens is 1. The van der Waals surface area contributed by atoms with Crippen LogP contribution in [-0.2, 0) is 0 Å². The van der Waals surface area contributed by atoms with Crippen molar-refractivity contribution in [2.45, 2.75) is 37.8 Å². The lowest BCUT2D eigenvalue weighted by molar-refractivity contribution is 0.0956. The monoisotopic (exact) mass is 401 g/mol. The van der Waals surface area contributed by atoms with Crippen LogP contribution in [0.15, 0.2) is 24.4 Å². The minimum atomic E-state index is -0.833. The number of carbonyl (C=O) groups is 2. The Bertz CT molecular complexity index is 921. The van der Waals surface area contributed by atoms with Crippen molar-refractivity contribution < 1.29 is 14.0 Å². The zero-order valence-electron chi connectivity index (χ0n) is 16.0. The first-order valence-electron chi connectivity index (χ1n) is 9.36. The second kappa shape index (κ2) is 8.82. The minimum absolute atomic E-state index is 0.0135. The van der Waals surface area contributed by atoms with E-state index in [1.54, 1.807) is 6.07 Å². The Morgan fingerprint density at radius 2 is 1.97 bits per heavy atom. The van der Waals surface area contributed by atoms with E-state index in [0.29, 0.717) is 5.69 Å². The van der Waals surface area contributed by atoms with Crippen LogP contribution in [0.5, 0.6) is 0 Å². The van der Waals surface area contributed by atoms with E-state index in [-0.39, 0.29) is 40.9 Å². The Labute approximate surface area is 167 Å². The van der Waals surface area contributed by atoms with Crippen molar-refractivity contribution in [3.05, 3.63) is 41.5 Å². The topological polar surface area (TPSA) is 148 Å². The van der Waals surface area contributed by atoms with E-state index in [1.165, 1.54) is 19.3 Å². The quantitative estimate of drug-likeness (QED) is 0.492. The third-order valence-electron chi connectivity index (χ3n) is 4.87.